The highest BCUT2D eigenvalue weighted by molar-refractivity contribution is 5.99. The zero-order chi connectivity index (χ0) is 25.1. The van der Waals surface area contributed by atoms with Crippen LogP contribution in [0.3, 0.4) is 0 Å². The van der Waals surface area contributed by atoms with E-state index in [0.717, 1.165) is 42.1 Å². The first kappa shape index (κ1) is 27.4. The maximum Gasteiger partial charge on any atom is 0.178 e. The van der Waals surface area contributed by atoms with Gasteiger partial charge in [-0.2, -0.15) is 10.5 Å². The number of likely N-dealkylation sites (tertiary alicyclic amines) is 1. The van der Waals surface area contributed by atoms with Crippen molar-refractivity contribution < 1.29 is 4.79 Å². The Bertz CT molecular complexity index is 989. The van der Waals surface area contributed by atoms with Gasteiger partial charge < -0.3 is 4.57 Å². The Balaban J connectivity index is 0.000000384. The number of carbonyl (C=O) groups is 1. The Morgan fingerprint density at radius 3 is 2.29 bits per heavy atom. The Labute approximate surface area is 206 Å². The zero-order valence-corrected chi connectivity index (χ0v) is 21.6. The SMILES string of the molecule is CC.CCC1CCC(C)N1CC(=O)c1ccn(-c2ccc(C#N)cc2)c1C.N#CCCC1CC1. The molecule has 1 saturated carbocycles. The highest BCUT2D eigenvalue weighted by Crippen LogP contribution is 2.33. The van der Waals surface area contributed by atoms with Crippen LogP contribution >= 0.6 is 0 Å². The molecule has 2 unspecified atom stereocenters. The van der Waals surface area contributed by atoms with Gasteiger partial charge in [-0.05, 0) is 75.8 Å². The van der Waals surface area contributed by atoms with Crippen LogP contribution in [0.15, 0.2) is 36.5 Å². The summed E-state index contributed by atoms with van der Waals surface area (Å²) in [7, 11) is 0. The summed E-state index contributed by atoms with van der Waals surface area (Å²) in [6.07, 6.45) is 10.1. The van der Waals surface area contributed by atoms with Crippen molar-refractivity contribution in [1.82, 2.24) is 9.47 Å². The molecule has 2 fully saturated rings. The largest absolute Gasteiger partial charge is 0.320 e. The second kappa shape index (κ2) is 13.7. The Morgan fingerprint density at radius 1 is 1.06 bits per heavy atom. The van der Waals surface area contributed by atoms with Gasteiger partial charge in [0.15, 0.2) is 5.78 Å². The molecule has 0 N–H and O–H groups in total. The van der Waals surface area contributed by atoms with Gasteiger partial charge in [0.05, 0.1) is 24.2 Å². The molecule has 2 atom stereocenters. The van der Waals surface area contributed by atoms with E-state index in [-0.39, 0.29) is 5.78 Å². The lowest BCUT2D eigenvalue weighted by Crippen LogP contribution is -2.38. The average molecular weight is 461 g/mol. The van der Waals surface area contributed by atoms with Crippen molar-refractivity contribution in [3.63, 3.8) is 0 Å². The Morgan fingerprint density at radius 2 is 1.74 bits per heavy atom. The van der Waals surface area contributed by atoms with Crippen LogP contribution < -0.4 is 0 Å². The lowest BCUT2D eigenvalue weighted by atomic mass is 10.1. The molecule has 1 saturated heterocycles. The van der Waals surface area contributed by atoms with E-state index in [1.54, 1.807) is 12.1 Å². The standard InChI is InChI=1S/C21H25N3O.C6H9N.C2H6/c1-4-18-8-5-15(2)24(18)14-21(25)20-11-12-23(16(20)3)19-9-6-17(13-22)7-10-19;7-5-1-2-6-3-4-6;1-2/h6-7,9-12,15,18H,4-5,8,14H2,1-3H3;6H,1-4H2;1-2H3. The quantitative estimate of drug-likeness (QED) is 0.425. The van der Waals surface area contributed by atoms with E-state index in [1.165, 1.54) is 25.7 Å². The van der Waals surface area contributed by atoms with Gasteiger partial charge in [0.1, 0.15) is 0 Å². The van der Waals surface area contributed by atoms with Crippen LogP contribution in [0.5, 0.6) is 0 Å². The molecule has 0 radical (unpaired) electrons. The van der Waals surface area contributed by atoms with E-state index in [9.17, 15) is 4.79 Å². The van der Waals surface area contributed by atoms with Crippen molar-refractivity contribution in [2.24, 2.45) is 5.92 Å². The van der Waals surface area contributed by atoms with Crippen LogP contribution in [0, 0.1) is 35.5 Å². The number of benzene rings is 1. The molecule has 182 valence electrons. The average Bonchev–Trinajstić information content (AvgIpc) is 3.53. The van der Waals surface area contributed by atoms with Gasteiger partial charge in [0.25, 0.3) is 0 Å². The fraction of sp³-hybridized carbons (Fsp3) is 0.552. The third kappa shape index (κ3) is 7.31. The normalized spacial score (nSPS) is 19.1. The molecular weight excluding hydrogens is 420 g/mol. The summed E-state index contributed by atoms with van der Waals surface area (Å²) >= 11 is 0. The van der Waals surface area contributed by atoms with Gasteiger partial charge in [-0.3, -0.25) is 9.69 Å². The summed E-state index contributed by atoms with van der Waals surface area (Å²) < 4.78 is 2.01. The Kier molecular flexibility index (Phi) is 11.0. The molecule has 1 aromatic heterocycles. The monoisotopic (exact) mass is 460 g/mol. The van der Waals surface area contributed by atoms with Crippen molar-refractivity contribution >= 4 is 5.78 Å². The molecule has 0 bridgehead atoms. The van der Waals surface area contributed by atoms with E-state index in [1.807, 2.05) is 49.7 Å². The number of ketones is 1. The summed E-state index contributed by atoms with van der Waals surface area (Å²) in [5.74, 6) is 1.12. The van der Waals surface area contributed by atoms with Crippen LogP contribution in [0.2, 0.25) is 0 Å². The van der Waals surface area contributed by atoms with Gasteiger partial charge in [0, 0.05) is 41.6 Å². The van der Waals surface area contributed by atoms with Crippen molar-refractivity contribution in [3.05, 3.63) is 53.3 Å². The third-order valence-electron chi connectivity index (χ3n) is 6.83. The summed E-state index contributed by atoms with van der Waals surface area (Å²) in [5, 5.41) is 17.0. The molecule has 1 aliphatic carbocycles. The lowest BCUT2D eigenvalue weighted by molar-refractivity contribution is 0.0888. The minimum absolute atomic E-state index is 0.192. The van der Waals surface area contributed by atoms with Crippen LogP contribution in [0.4, 0.5) is 0 Å². The number of nitrogens with zero attached hydrogens (tertiary/aromatic N) is 4. The van der Waals surface area contributed by atoms with Gasteiger partial charge >= 0.3 is 0 Å². The summed E-state index contributed by atoms with van der Waals surface area (Å²) in [6.45, 7) is 10.9. The molecule has 1 aromatic carbocycles. The molecule has 2 aliphatic rings. The first-order chi connectivity index (χ1) is 16.5. The second-order valence-electron chi connectivity index (χ2n) is 9.07. The first-order valence-electron chi connectivity index (χ1n) is 12.8. The second-order valence-corrected chi connectivity index (χ2v) is 9.07. The van der Waals surface area contributed by atoms with Crippen molar-refractivity contribution in [2.75, 3.05) is 6.54 Å². The molecule has 5 nitrogen and oxygen atoms in total. The number of rotatable bonds is 7. The van der Waals surface area contributed by atoms with E-state index >= 15 is 0 Å². The van der Waals surface area contributed by atoms with E-state index in [4.69, 9.17) is 10.5 Å². The topological polar surface area (TPSA) is 72.8 Å². The number of nitriles is 2. The number of aromatic nitrogens is 1. The van der Waals surface area contributed by atoms with Crippen LogP contribution in [0.1, 0.15) is 94.3 Å². The van der Waals surface area contributed by atoms with Gasteiger partial charge in [-0.1, -0.05) is 33.6 Å². The molecule has 5 heteroatoms. The van der Waals surface area contributed by atoms with E-state index < -0.39 is 0 Å². The van der Waals surface area contributed by atoms with Crippen LogP contribution in [-0.4, -0.2) is 33.9 Å². The highest BCUT2D eigenvalue weighted by Gasteiger charge is 2.31. The maximum atomic E-state index is 12.9. The summed E-state index contributed by atoms with van der Waals surface area (Å²) in [4.78, 5) is 15.2. The lowest BCUT2D eigenvalue weighted by Gasteiger charge is -2.26. The molecule has 1 aliphatic heterocycles. The van der Waals surface area contributed by atoms with Crippen molar-refractivity contribution in [3.8, 4) is 17.8 Å². The van der Waals surface area contributed by atoms with Gasteiger partial charge in [-0.25, -0.2) is 0 Å². The molecular formula is C29H40N4O. The summed E-state index contributed by atoms with van der Waals surface area (Å²) in [6, 6.07) is 14.6. The number of hydrogen-bond acceptors (Lipinski definition) is 4. The van der Waals surface area contributed by atoms with Crippen molar-refractivity contribution in [2.45, 2.75) is 91.6 Å². The molecule has 34 heavy (non-hydrogen) atoms. The number of carbonyl (C=O) groups excluding carboxylic acids is 1. The van der Waals surface area contributed by atoms with Gasteiger partial charge in [0.2, 0.25) is 0 Å². The Hall–Kier alpha value is -2.89. The van der Waals surface area contributed by atoms with Crippen molar-refractivity contribution in [1.29, 1.82) is 10.5 Å². The third-order valence-corrected chi connectivity index (χ3v) is 6.83. The van der Waals surface area contributed by atoms with E-state index in [0.29, 0.717) is 24.2 Å². The first-order valence-corrected chi connectivity index (χ1v) is 12.8. The number of hydrogen-bond donors (Lipinski definition) is 0. The summed E-state index contributed by atoms with van der Waals surface area (Å²) in [5.41, 5.74) is 3.35. The van der Waals surface area contributed by atoms with Crippen LogP contribution in [-0.2, 0) is 0 Å². The fourth-order valence-electron chi connectivity index (χ4n) is 4.56. The predicted octanol–water partition coefficient (Wildman–Crippen LogP) is 6.83. The van der Waals surface area contributed by atoms with Crippen LogP contribution in [0.25, 0.3) is 5.69 Å². The molecule has 4 rings (SSSR count). The minimum atomic E-state index is 0.192. The smallest absolute Gasteiger partial charge is 0.178 e. The van der Waals surface area contributed by atoms with Gasteiger partial charge in [-0.15, -0.1) is 0 Å². The molecule has 0 amide bonds. The fourth-order valence-corrected chi connectivity index (χ4v) is 4.56. The number of Topliss-reactive ketones (excluding diaryl/α,β-unsaturated/α-hetero) is 1. The molecule has 0 spiro atoms. The maximum absolute atomic E-state index is 12.9. The molecule has 2 heterocycles. The highest BCUT2D eigenvalue weighted by atomic mass is 16.1. The zero-order valence-electron chi connectivity index (χ0n) is 21.6. The molecule has 2 aromatic rings. The predicted molar refractivity (Wildman–Crippen MR) is 138 cm³/mol. The van der Waals surface area contributed by atoms with E-state index in [2.05, 4.69) is 30.9 Å². The minimum Gasteiger partial charge on any atom is -0.320 e.